The Bertz CT molecular complexity index is 743. The molecule has 0 bridgehead atoms. The summed E-state index contributed by atoms with van der Waals surface area (Å²) in [6.07, 6.45) is 1.55. The van der Waals surface area contributed by atoms with Crippen LogP contribution in [0.25, 0.3) is 0 Å². The summed E-state index contributed by atoms with van der Waals surface area (Å²) in [7, 11) is -3.59. The number of nitrogens with zero attached hydrogens (tertiary/aromatic N) is 3. The van der Waals surface area contributed by atoms with Crippen LogP contribution < -0.4 is 0 Å². The fourth-order valence-corrected chi connectivity index (χ4v) is 4.89. The number of aromatic nitrogens is 3. The quantitative estimate of drug-likeness (QED) is 0.934. The summed E-state index contributed by atoms with van der Waals surface area (Å²) >= 11 is 0. The molecular weight excluding hydrogens is 292 g/mol. The van der Waals surface area contributed by atoms with E-state index in [0.29, 0.717) is 23.7 Å². The van der Waals surface area contributed by atoms with Crippen molar-refractivity contribution >= 4 is 10.0 Å². The Balaban J connectivity index is 2.02. The van der Waals surface area contributed by atoms with Gasteiger partial charge in [0, 0.05) is 12.6 Å². The van der Waals surface area contributed by atoms with Crippen molar-refractivity contribution in [3.63, 3.8) is 0 Å². The van der Waals surface area contributed by atoms with Crippen molar-refractivity contribution < 1.29 is 12.9 Å². The van der Waals surface area contributed by atoms with Gasteiger partial charge in [0.2, 0.25) is 10.0 Å². The second kappa shape index (κ2) is 4.96. The number of sulfonamides is 1. The number of rotatable bonds is 3. The molecule has 1 aliphatic heterocycles. The highest BCUT2D eigenvalue weighted by atomic mass is 32.2. The summed E-state index contributed by atoms with van der Waals surface area (Å²) in [5, 5.41) is 10.6. The molecule has 3 rings (SSSR count). The number of hydrogen-bond donors (Lipinski definition) is 1. The van der Waals surface area contributed by atoms with Crippen molar-refractivity contribution in [1.82, 2.24) is 19.7 Å². The van der Waals surface area contributed by atoms with Gasteiger partial charge < -0.3 is 4.52 Å². The zero-order valence-corrected chi connectivity index (χ0v) is 13.1. The van der Waals surface area contributed by atoms with Gasteiger partial charge >= 0.3 is 0 Å². The Morgan fingerprint density at radius 1 is 1.38 bits per heavy atom. The molecule has 0 amide bonds. The number of nitrogens with one attached hydrogen (secondary N) is 1. The topological polar surface area (TPSA) is 92.1 Å². The lowest BCUT2D eigenvalue weighted by Gasteiger charge is -2.22. The molecule has 0 spiro atoms. The van der Waals surface area contributed by atoms with Crippen LogP contribution >= 0.6 is 0 Å². The molecule has 8 heteroatoms. The first kappa shape index (κ1) is 14.3. The van der Waals surface area contributed by atoms with Crippen LogP contribution in [0.4, 0.5) is 0 Å². The standard InChI is InChI=1S/C13H18N4O3S/c1-8-7-12(20-16-8)11-5-4-6-17(11)21(18,19)13-9(2)14-15-10(13)3/h7,11H,4-6H2,1-3H3,(H,14,15). The third-order valence-corrected chi connectivity index (χ3v) is 5.98. The molecule has 21 heavy (non-hydrogen) atoms. The van der Waals surface area contributed by atoms with Gasteiger partial charge in [0.1, 0.15) is 4.90 Å². The van der Waals surface area contributed by atoms with Gasteiger partial charge in [-0.1, -0.05) is 5.16 Å². The van der Waals surface area contributed by atoms with Crippen LogP contribution in [-0.2, 0) is 10.0 Å². The van der Waals surface area contributed by atoms with E-state index in [-0.39, 0.29) is 10.9 Å². The number of aromatic amines is 1. The molecule has 1 N–H and O–H groups in total. The molecule has 0 saturated carbocycles. The van der Waals surface area contributed by atoms with Crippen LogP contribution in [0, 0.1) is 20.8 Å². The Morgan fingerprint density at radius 2 is 2.14 bits per heavy atom. The molecule has 2 aromatic heterocycles. The lowest BCUT2D eigenvalue weighted by Crippen LogP contribution is -2.31. The molecule has 2 aromatic rings. The van der Waals surface area contributed by atoms with E-state index >= 15 is 0 Å². The molecule has 0 aromatic carbocycles. The first-order valence-electron chi connectivity index (χ1n) is 6.88. The van der Waals surface area contributed by atoms with E-state index in [9.17, 15) is 8.42 Å². The smallest absolute Gasteiger partial charge is 0.247 e. The summed E-state index contributed by atoms with van der Waals surface area (Å²) in [6.45, 7) is 5.72. The summed E-state index contributed by atoms with van der Waals surface area (Å²) in [6, 6.07) is 1.51. The SMILES string of the molecule is Cc1cc(C2CCCN2S(=O)(=O)c2c(C)n[nH]c2C)on1. The molecule has 114 valence electrons. The highest BCUT2D eigenvalue weighted by molar-refractivity contribution is 7.89. The minimum absolute atomic E-state index is 0.269. The van der Waals surface area contributed by atoms with E-state index in [1.165, 1.54) is 4.31 Å². The number of H-pyrrole nitrogens is 1. The van der Waals surface area contributed by atoms with E-state index in [4.69, 9.17) is 4.52 Å². The minimum Gasteiger partial charge on any atom is -0.359 e. The molecule has 1 aliphatic rings. The van der Waals surface area contributed by atoms with Crippen LogP contribution in [0.2, 0.25) is 0 Å². The maximum Gasteiger partial charge on any atom is 0.247 e. The summed E-state index contributed by atoms with van der Waals surface area (Å²) in [4.78, 5) is 0.269. The Kier molecular flexibility index (Phi) is 3.37. The van der Waals surface area contributed by atoms with Gasteiger partial charge in [-0.2, -0.15) is 9.40 Å². The van der Waals surface area contributed by atoms with Gasteiger partial charge in [-0.15, -0.1) is 0 Å². The average molecular weight is 310 g/mol. The predicted molar refractivity (Wildman–Crippen MR) is 75.2 cm³/mol. The average Bonchev–Trinajstić information content (AvgIpc) is 3.09. The van der Waals surface area contributed by atoms with Gasteiger partial charge in [-0.05, 0) is 33.6 Å². The normalized spacial score (nSPS) is 20.2. The predicted octanol–water partition coefficient (Wildman–Crippen LogP) is 1.85. The van der Waals surface area contributed by atoms with Crippen molar-refractivity contribution in [3.8, 4) is 0 Å². The van der Waals surface area contributed by atoms with E-state index in [1.807, 2.05) is 6.92 Å². The summed E-state index contributed by atoms with van der Waals surface area (Å²) < 4.78 is 32.6. The molecule has 7 nitrogen and oxygen atoms in total. The molecule has 1 fully saturated rings. The first-order valence-corrected chi connectivity index (χ1v) is 8.32. The Labute approximate surface area is 123 Å². The van der Waals surface area contributed by atoms with Crippen LogP contribution in [0.5, 0.6) is 0 Å². The van der Waals surface area contributed by atoms with Crippen molar-refractivity contribution in [3.05, 3.63) is 28.9 Å². The maximum absolute atomic E-state index is 12.9. The molecule has 1 atom stereocenters. The van der Waals surface area contributed by atoms with Gasteiger partial charge in [-0.25, -0.2) is 8.42 Å². The first-order chi connectivity index (χ1) is 9.91. The minimum atomic E-state index is -3.59. The number of aryl methyl sites for hydroxylation is 3. The van der Waals surface area contributed by atoms with Crippen LogP contribution in [-0.4, -0.2) is 34.6 Å². The van der Waals surface area contributed by atoms with Gasteiger partial charge in [-0.3, -0.25) is 5.10 Å². The maximum atomic E-state index is 12.9. The fraction of sp³-hybridized carbons (Fsp3) is 0.538. The highest BCUT2D eigenvalue weighted by Crippen LogP contribution is 2.37. The third-order valence-electron chi connectivity index (χ3n) is 3.81. The van der Waals surface area contributed by atoms with E-state index in [2.05, 4.69) is 15.4 Å². The zero-order chi connectivity index (χ0) is 15.2. The summed E-state index contributed by atoms with van der Waals surface area (Å²) in [5.74, 6) is 0.604. The second-order valence-corrected chi connectivity index (χ2v) is 7.23. The van der Waals surface area contributed by atoms with Gasteiger partial charge in [0.25, 0.3) is 0 Å². The van der Waals surface area contributed by atoms with Crippen LogP contribution in [0.1, 0.15) is 41.7 Å². The van der Waals surface area contributed by atoms with Crippen LogP contribution in [0.15, 0.2) is 15.5 Å². The van der Waals surface area contributed by atoms with E-state index in [1.54, 1.807) is 19.9 Å². The fourth-order valence-electron chi connectivity index (χ4n) is 2.89. The lowest BCUT2D eigenvalue weighted by molar-refractivity contribution is 0.297. The molecular formula is C13H18N4O3S. The number of hydrogen-bond acceptors (Lipinski definition) is 5. The van der Waals surface area contributed by atoms with Gasteiger partial charge in [0.15, 0.2) is 5.76 Å². The molecule has 0 radical (unpaired) electrons. The van der Waals surface area contributed by atoms with E-state index in [0.717, 1.165) is 18.5 Å². The van der Waals surface area contributed by atoms with E-state index < -0.39 is 10.0 Å². The van der Waals surface area contributed by atoms with Crippen molar-refractivity contribution in [2.24, 2.45) is 0 Å². The second-order valence-electron chi connectivity index (χ2n) is 5.41. The lowest BCUT2D eigenvalue weighted by atomic mass is 10.2. The Hall–Kier alpha value is -1.67. The van der Waals surface area contributed by atoms with Gasteiger partial charge in [0.05, 0.1) is 23.1 Å². The monoisotopic (exact) mass is 310 g/mol. The third kappa shape index (κ3) is 2.28. The molecule has 0 aliphatic carbocycles. The molecule has 3 heterocycles. The van der Waals surface area contributed by atoms with Crippen LogP contribution in [0.3, 0.4) is 0 Å². The molecule has 1 saturated heterocycles. The van der Waals surface area contributed by atoms with Crippen molar-refractivity contribution in [2.75, 3.05) is 6.54 Å². The Morgan fingerprint density at radius 3 is 2.71 bits per heavy atom. The highest BCUT2D eigenvalue weighted by Gasteiger charge is 2.40. The van der Waals surface area contributed by atoms with Crippen molar-refractivity contribution in [2.45, 2.75) is 44.6 Å². The zero-order valence-electron chi connectivity index (χ0n) is 12.3. The largest absolute Gasteiger partial charge is 0.359 e. The summed E-state index contributed by atoms with van der Waals surface area (Å²) in [5.41, 5.74) is 1.81. The molecule has 1 unspecified atom stereocenters. The van der Waals surface area contributed by atoms with Crippen molar-refractivity contribution in [1.29, 1.82) is 0 Å².